The van der Waals surface area contributed by atoms with E-state index in [0.29, 0.717) is 18.9 Å². The number of rotatable bonds is 10. The van der Waals surface area contributed by atoms with Crippen molar-refractivity contribution in [3.63, 3.8) is 0 Å². The maximum absolute atomic E-state index is 5.30. The second-order valence-electron chi connectivity index (χ2n) is 5.28. The summed E-state index contributed by atoms with van der Waals surface area (Å²) in [6, 6.07) is 0. The van der Waals surface area contributed by atoms with Gasteiger partial charge in [0.2, 0.25) is 5.89 Å². The summed E-state index contributed by atoms with van der Waals surface area (Å²) >= 11 is 0. The Bertz CT molecular complexity index is 437. The fourth-order valence-electron chi connectivity index (χ4n) is 1.79. The van der Waals surface area contributed by atoms with Gasteiger partial charge in [0.25, 0.3) is 0 Å². The first-order valence-corrected chi connectivity index (χ1v) is 8.02. The molecule has 0 aliphatic rings. The smallest absolute Gasteiger partial charge is 0.228 e. The van der Waals surface area contributed by atoms with Crippen LogP contribution in [0.2, 0.25) is 0 Å². The summed E-state index contributed by atoms with van der Waals surface area (Å²) in [6.07, 6.45) is 2.80. The molecule has 0 saturated heterocycles. The van der Waals surface area contributed by atoms with Crippen LogP contribution in [0.15, 0.2) is 9.52 Å². The number of halogens is 1. The van der Waals surface area contributed by atoms with E-state index >= 15 is 0 Å². The molecule has 1 aromatic rings. The molecule has 0 spiro atoms. The quantitative estimate of drug-likeness (QED) is 0.252. The molecule has 0 bridgehead atoms. The monoisotopic (exact) mass is 439 g/mol. The molecule has 7 nitrogen and oxygen atoms in total. The normalized spacial score (nSPS) is 11.4. The Kier molecular flexibility index (Phi) is 13.0. The van der Waals surface area contributed by atoms with Crippen molar-refractivity contribution in [1.82, 2.24) is 20.8 Å². The number of aromatic nitrogens is 2. The van der Waals surface area contributed by atoms with E-state index in [1.165, 1.54) is 0 Å². The van der Waals surface area contributed by atoms with Crippen molar-refractivity contribution in [2.24, 2.45) is 4.99 Å². The van der Waals surface area contributed by atoms with Gasteiger partial charge in [-0.3, -0.25) is 4.99 Å². The van der Waals surface area contributed by atoms with Crippen molar-refractivity contribution in [1.29, 1.82) is 0 Å². The molecule has 1 rings (SSSR count). The molecular weight excluding hydrogens is 409 g/mol. The van der Waals surface area contributed by atoms with E-state index in [1.807, 2.05) is 20.8 Å². The van der Waals surface area contributed by atoms with Crippen LogP contribution >= 0.6 is 24.0 Å². The summed E-state index contributed by atoms with van der Waals surface area (Å²) < 4.78 is 10.5. The van der Waals surface area contributed by atoms with Gasteiger partial charge in [0.05, 0.1) is 0 Å². The molecule has 0 amide bonds. The van der Waals surface area contributed by atoms with Crippen LogP contribution in [0, 0.1) is 0 Å². The van der Waals surface area contributed by atoms with E-state index in [4.69, 9.17) is 9.26 Å². The van der Waals surface area contributed by atoms with Crippen LogP contribution in [0.5, 0.6) is 0 Å². The lowest BCUT2D eigenvalue weighted by Gasteiger charge is -2.10. The van der Waals surface area contributed by atoms with Crippen LogP contribution in [0.4, 0.5) is 0 Å². The molecule has 0 saturated carbocycles. The summed E-state index contributed by atoms with van der Waals surface area (Å²) in [5.74, 6) is 2.49. The highest BCUT2D eigenvalue weighted by atomic mass is 127. The molecule has 134 valence electrons. The fraction of sp³-hybridized carbons (Fsp3) is 0.800. The molecule has 0 fully saturated rings. The average Bonchev–Trinajstić information content (AvgIpc) is 2.98. The van der Waals surface area contributed by atoms with E-state index < -0.39 is 0 Å². The fourth-order valence-corrected chi connectivity index (χ4v) is 1.79. The van der Waals surface area contributed by atoms with Gasteiger partial charge >= 0.3 is 0 Å². The van der Waals surface area contributed by atoms with Gasteiger partial charge in [-0.2, -0.15) is 4.98 Å². The number of nitrogens with zero attached hydrogens (tertiary/aromatic N) is 3. The predicted octanol–water partition coefficient (Wildman–Crippen LogP) is 2.34. The van der Waals surface area contributed by atoms with Crippen molar-refractivity contribution >= 4 is 29.9 Å². The van der Waals surface area contributed by atoms with Gasteiger partial charge in [0.1, 0.15) is 0 Å². The van der Waals surface area contributed by atoms with Crippen LogP contribution in [-0.4, -0.2) is 49.5 Å². The minimum absolute atomic E-state index is 0. The zero-order valence-corrected chi connectivity index (χ0v) is 16.9. The molecule has 8 heteroatoms. The summed E-state index contributed by atoms with van der Waals surface area (Å²) in [5, 5.41) is 10.5. The summed E-state index contributed by atoms with van der Waals surface area (Å²) in [5.41, 5.74) is 0. The van der Waals surface area contributed by atoms with Crippen LogP contribution in [0.25, 0.3) is 0 Å². The molecule has 0 atom stereocenters. The SMILES string of the molecule is CCOCCCCNC(=NC)NCCc1nc(C(C)C)no1.I. The third-order valence-electron chi connectivity index (χ3n) is 3.07. The van der Waals surface area contributed by atoms with Crippen LogP contribution in [0.1, 0.15) is 51.2 Å². The maximum Gasteiger partial charge on any atom is 0.228 e. The Morgan fingerprint density at radius 3 is 2.61 bits per heavy atom. The van der Waals surface area contributed by atoms with Gasteiger partial charge in [-0.05, 0) is 19.8 Å². The molecule has 1 aromatic heterocycles. The second-order valence-corrected chi connectivity index (χ2v) is 5.28. The standard InChI is InChI=1S/C15H29N5O2.HI/c1-5-21-11-7-6-9-17-15(16-4)18-10-8-13-19-14(12(2)3)20-22-13;/h12H,5-11H2,1-4H3,(H2,16,17,18);1H. The average molecular weight is 439 g/mol. The largest absolute Gasteiger partial charge is 0.382 e. The van der Waals surface area contributed by atoms with Gasteiger partial charge < -0.3 is 19.9 Å². The Morgan fingerprint density at radius 1 is 1.26 bits per heavy atom. The maximum atomic E-state index is 5.30. The lowest BCUT2D eigenvalue weighted by atomic mass is 10.2. The van der Waals surface area contributed by atoms with Gasteiger partial charge in [-0.1, -0.05) is 19.0 Å². The van der Waals surface area contributed by atoms with E-state index in [0.717, 1.165) is 44.4 Å². The highest BCUT2D eigenvalue weighted by molar-refractivity contribution is 14.0. The molecule has 23 heavy (non-hydrogen) atoms. The molecule has 2 N–H and O–H groups in total. The second kappa shape index (κ2) is 13.5. The van der Waals surface area contributed by atoms with Crippen LogP contribution in [-0.2, 0) is 11.2 Å². The Morgan fingerprint density at radius 2 is 2.00 bits per heavy atom. The van der Waals surface area contributed by atoms with Gasteiger partial charge in [-0.25, -0.2) is 0 Å². The summed E-state index contributed by atoms with van der Waals surface area (Å²) in [4.78, 5) is 8.53. The van der Waals surface area contributed by atoms with Crippen molar-refractivity contribution in [3.8, 4) is 0 Å². The number of nitrogens with one attached hydrogen (secondary N) is 2. The van der Waals surface area contributed by atoms with Crippen molar-refractivity contribution < 1.29 is 9.26 Å². The Hall–Kier alpha value is -0.900. The molecular formula is C15H30IN5O2. The summed E-state index contributed by atoms with van der Waals surface area (Å²) in [6.45, 7) is 9.29. The van der Waals surface area contributed by atoms with Gasteiger partial charge in [0, 0.05) is 45.7 Å². The third-order valence-corrected chi connectivity index (χ3v) is 3.07. The first-order valence-electron chi connectivity index (χ1n) is 8.02. The highest BCUT2D eigenvalue weighted by Crippen LogP contribution is 2.09. The highest BCUT2D eigenvalue weighted by Gasteiger charge is 2.09. The van der Waals surface area contributed by atoms with Crippen LogP contribution < -0.4 is 10.6 Å². The number of hydrogen-bond acceptors (Lipinski definition) is 5. The third kappa shape index (κ3) is 9.75. The summed E-state index contributed by atoms with van der Waals surface area (Å²) in [7, 11) is 1.76. The Labute approximate surface area is 156 Å². The number of ether oxygens (including phenoxy) is 1. The molecule has 0 aliphatic carbocycles. The van der Waals surface area contributed by atoms with E-state index in [1.54, 1.807) is 7.05 Å². The minimum Gasteiger partial charge on any atom is -0.382 e. The lowest BCUT2D eigenvalue weighted by molar-refractivity contribution is 0.143. The van der Waals surface area contributed by atoms with Crippen molar-refractivity contribution in [2.75, 3.05) is 33.4 Å². The topological polar surface area (TPSA) is 84.6 Å². The van der Waals surface area contributed by atoms with E-state index in [2.05, 4.69) is 25.8 Å². The Balaban J connectivity index is 0.00000484. The number of guanidine groups is 1. The zero-order chi connectivity index (χ0) is 16.2. The lowest BCUT2D eigenvalue weighted by Crippen LogP contribution is -2.38. The first-order chi connectivity index (χ1) is 10.7. The van der Waals surface area contributed by atoms with Crippen molar-refractivity contribution in [3.05, 3.63) is 11.7 Å². The van der Waals surface area contributed by atoms with Crippen LogP contribution in [0.3, 0.4) is 0 Å². The first kappa shape index (κ1) is 22.1. The predicted molar refractivity (Wildman–Crippen MR) is 103 cm³/mol. The number of aliphatic imine (C=N–C) groups is 1. The molecule has 0 aromatic carbocycles. The van der Waals surface area contributed by atoms with Gasteiger partial charge in [0.15, 0.2) is 11.8 Å². The van der Waals surface area contributed by atoms with E-state index in [9.17, 15) is 0 Å². The molecule has 1 heterocycles. The molecule has 0 unspecified atom stereocenters. The molecule has 0 aliphatic heterocycles. The zero-order valence-electron chi connectivity index (χ0n) is 14.6. The van der Waals surface area contributed by atoms with Gasteiger partial charge in [-0.15, -0.1) is 24.0 Å². The van der Waals surface area contributed by atoms with Crippen molar-refractivity contribution in [2.45, 2.75) is 46.0 Å². The molecule has 0 radical (unpaired) electrons. The number of hydrogen-bond donors (Lipinski definition) is 2. The number of unbranched alkanes of at least 4 members (excludes halogenated alkanes) is 1. The minimum atomic E-state index is 0. The van der Waals surface area contributed by atoms with E-state index in [-0.39, 0.29) is 29.9 Å².